The van der Waals surface area contributed by atoms with E-state index in [1.807, 2.05) is 17.9 Å². The van der Waals surface area contributed by atoms with Crippen molar-refractivity contribution in [3.05, 3.63) is 11.6 Å². The van der Waals surface area contributed by atoms with E-state index in [4.69, 9.17) is 9.47 Å². The molecule has 1 saturated heterocycles. The van der Waals surface area contributed by atoms with Gasteiger partial charge in [-0.1, -0.05) is 47.1 Å². The van der Waals surface area contributed by atoms with E-state index in [1.54, 1.807) is 6.92 Å². The van der Waals surface area contributed by atoms with E-state index in [9.17, 15) is 39.6 Å². The molecular formula is C41H63NO10S. The first-order valence-electron chi connectivity index (χ1n) is 19.7. The van der Waals surface area contributed by atoms with Gasteiger partial charge in [0.1, 0.15) is 23.7 Å². The molecular weight excluding hydrogens is 699 g/mol. The molecule has 5 aliphatic carbocycles. The molecule has 14 atom stereocenters. The topological polar surface area (TPSA) is 171 Å². The average molecular weight is 762 g/mol. The molecule has 4 N–H and O–H groups in total. The number of amides is 1. The number of aliphatic hydroxyl groups excluding tert-OH is 3. The number of carboxylic acids is 1. The summed E-state index contributed by atoms with van der Waals surface area (Å²) in [6.45, 7) is 17.7. The van der Waals surface area contributed by atoms with Crippen LogP contribution in [-0.2, 0) is 28.7 Å². The number of aliphatic carboxylic acids is 1. The highest BCUT2D eigenvalue weighted by Gasteiger charge is 2.70. The standard InChI is InChI=1S/C41H63NO10S/c1-22(43)42(18-19-53-34-30(47)28(45)29(46)31(52-34)33(48)51-9)27-11-12-39(6)26(36(27,2)3)10-13-41(8)32(39)25(44)20-23-24-21-38(5,35(49)50)15-14-37(24,4)16-17-40(23,41)7/h20,24,26-32,34,45-47H,10-19,21H2,1-9H3,(H,49,50)/t24-,26+,27+,28+,29+,30-,31+,32-,34+,37-,38+,39+,40-,41-/m1/s1. The Labute approximate surface area is 319 Å². The van der Waals surface area contributed by atoms with Gasteiger partial charge in [0.15, 0.2) is 11.9 Å². The van der Waals surface area contributed by atoms with Crippen LogP contribution in [0.5, 0.6) is 0 Å². The molecule has 6 rings (SSSR count). The lowest BCUT2D eigenvalue weighted by Gasteiger charge is -2.71. The van der Waals surface area contributed by atoms with Crippen molar-refractivity contribution < 1.29 is 49.1 Å². The third kappa shape index (κ3) is 6.05. The van der Waals surface area contributed by atoms with Crippen molar-refractivity contribution in [2.45, 2.75) is 149 Å². The fourth-order valence-electron chi connectivity index (χ4n) is 13.0. The highest BCUT2D eigenvalue weighted by molar-refractivity contribution is 7.99. The number of thioether (sulfide) groups is 1. The van der Waals surface area contributed by atoms with Crippen LogP contribution in [0.1, 0.15) is 113 Å². The third-order valence-corrected chi connectivity index (χ3v) is 17.6. The molecule has 53 heavy (non-hydrogen) atoms. The number of carboxylic acid groups (broad SMARTS) is 1. The maximum absolute atomic E-state index is 14.8. The van der Waals surface area contributed by atoms with Crippen molar-refractivity contribution in [2.24, 2.45) is 50.2 Å². The molecule has 0 aromatic carbocycles. The van der Waals surface area contributed by atoms with Crippen LogP contribution >= 0.6 is 11.8 Å². The number of ketones is 1. The Bertz CT molecular complexity index is 1550. The predicted octanol–water partition coefficient (Wildman–Crippen LogP) is 4.98. The molecule has 5 fully saturated rings. The van der Waals surface area contributed by atoms with Gasteiger partial charge in [-0.2, -0.15) is 0 Å². The second-order valence-electron chi connectivity index (χ2n) is 19.4. The van der Waals surface area contributed by atoms with Crippen molar-refractivity contribution >= 4 is 35.4 Å². The summed E-state index contributed by atoms with van der Waals surface area (Å²) in [4.78, 5) is 54.7. The highest BCUT2D eigenvalue weighted by Crippen LogP contribution is 2.75. The Morgan fingerprint density at radius 2 is 1.58 bits per heavy atom. The Morgan fingerprint density at radius 3 is 2.21 bits per heavy atom. The molecule has 0 unspecified atom stereocenters. The minimum Gasteiger partial charge on any atom is -0.481 e. The van der Waals surface area contributed by atoms with Gasteiger partial charge in [0.05, 0.1) is 12.5 Å². The molecule has 12 heteroatoms. The Balaban J connectivity index is 1.23. The summed E-state index contributed by atoms with van der Waals surface area (Å²) in [5, 5.41) is 41.6. The van der Waals surface area contributed by atoms with E-state index in [1.165, 1.54) is 17.3 Å². The van der Waals surface area contributed by atoms with E-state index in [0.717, 1.165) is 52.1 Å². The van der Waals surface area contributed by atoms with E-state index in [2.05, 4.69) is 41.5 Å². The van der Waals surface area contributed by atoms with Gasteiger partial charge >= 0.3 is 11.9 Å². The first-order valence-corrected chi connectivity index (χ1v) is 20.7. The second kappa shape index (κ2) is 13.6. The van der Waals surface area contributed by atoms with E-state index in [-0.39, 0.29) is 62.6 Å². The highest BCUT2D eigenvalue weighted by atomic mass is 32.2. The van der Waals surface area contributed by atoms with Gasteiger partial charge < -0.3 is 34.8 Å². The molecule has 1 heterocycles. The zero-order chi connectivity index (χ0) is 39.3. The number of hydrogen-bond acceptors (Lipinski definition) is 10. The number of nitrogens with zero attached hydrogens (tertiary/aromatic N) is 1. The van der Waals surface area contributed by atoms with Gasteiger partial charge in [-0.25, -0.2) is 4.79 Å². The summed E-state index contributed by atoms with van der Waals surface area (Å²) in [5.74, 6) is -1.05. The predicted molar refractivity (Wildman–Crippen MR) is 199 cm³/mol. The largest absolute Gasteiger partial charge is 0.481 e. The molecule has 0 bridgehead atoms. The number of ether oxygens (including phenoxy) is 2. The Morgan fingerprint density at radius 1 is 0.925 bits per heavy atom. The number of allylic oxidation sites excluding steroid dienone is 2. The number of rotatable bonds is 7. The van der Waals surface area contributed by atoms with Crippen LogP contribution in [0.3, 0.4) is 0 Å². The Hall–Kier alpha value is -1.99. The molecule has 0 spiro atoms. The summed E-state index contributed by atoms with van der Waals surface area (Å²) in [6.07, 6.45) is 3.34. The fourth-order valence-corrected chi connectivity index (χ4v) is 14.1. The van der Waals surface area contributed by atoms with Gasteiger partial charge in [0.25, 0.3) is 0 Å². The maximum Gasteiger partial charge on any atom is 0.337 e. The second-order valence-corrected chi connectivity index (χ2v) is 20.6. The van der Waals surface area contributed by atoms with Crippen LogP contribution < -0.4 is 0 Å². The molecule has 1 aliphatic heterocycles. The Kier molecular flexibility index (Phi) is 10.4. The number of hydrogen-bond donors (Lipinski definition) is 4. The van der Waals surface area contributed by atoms with E-state index in [0.29, 0.717) is 25.1 Å². The quantitative estimate of drug-likeness (QED) is 0.258. The molecule has 6 aliphatic rings. The zero-order valence-corrected chi connectivity index (χ0v) is 34.0. The van der Waals surface area contributed by atoms with Crippen LogP contribution in [0.2, 0.25) is 0 Å². The lowest BCUT2D eigenvalue weighted by atomic mass is 9.33. The fraction of sp³-hybridized carbons (Fsp3) is 0.854. The van der Waals surface area contributed by atoms with Crippen LogP contribution in [-0.4, -0.2) is 104 Å². The van der Waals surface area contributed by atoms with Crippen LogP contribution in [0, 0.1) is 50.2 Å². The minimum atomic E-state index is -1.63. The smallest absolute Gasteiger partial charge is 0.337 e. The summed E-state index contributed by atoms with van der Waals surface area (Å²) in [5.41, 5.74) is -1.74. The number of carbonyl (C=O) groups is 4. The number of esters is 1. The molecule has 0 aromatic rings. The van der Waals surface area contributed by atoms with Gasteiger partial charge in [0, 0.05) is 31.2 Å². The molecule has 0 aromatic heterocycles. The third-order valence-electron chi connectivity index (χ3n) is 16.5. The normalized spacial score (nSPS) is 47.5. The van der Waals surface area contributed by atoms with Crippen molar-refractivity contribution in [3.8, 4) is 0 Å². The molecule has 1 amide bonds. The van der Waals surface area contributed by atoms with Crippen LogP contribution in [0.25, 0.3) is 0 Å². The lowest BCUT2D eigenvalue weighted by Crippen LogP contribution is -2.68. The molecule has 0 radical (unpaired) electrons. The lowest BCUT2D eigenvalue weighted by molar-refractivity contribution is -0.211. The van der Waals surface area contributed by atoms with Gasteiger partial charge in [-0.05, 0) is 110 Å². The van der Waals surface area contributed by atoms with E-state index < -0.39 is 47.2 Å². The van der Waals surface area contributed by atoms with Crippen molar-refractivity contribution in [1.82, 2.24) is 4.90 Å². The number of methoxy groups -OCH3 is 1. The van der Waals surface area contributed by atoms with Crippen molar-refractivity contribution in [1.29, 1.82) is 0 Å². The average Bonchev–Trinajstić information content (AvgIpc) is 3.08. The van der Waals surface area contributed by atoms with Gasteiger partial charge in [0.2, 0.25) is 5.91 Å². The van der Waals surface area contributed by atoms with Crippen molar-refractivity contribution in [3.63, 3.8) is 0 Å². The summed E-state index contributed by atoms with van der Waals surface area (Å²) in [7, 11) is 1.16. The van der Waals surface area contributed by atoms with Crippen LogP contribution in [0.4, 0.5) is 0 Å². The first-order chi connectivity index (χ1) is 24.5. The number of aliphatic hydroxyl groups is 3. The van der Waals surface area contributed by atoms with Gasteiger partial charge in [-0.15, -0.1) is 11.8 Å². The maximum atomic E-state index is 14.8. The van der Waals surface area contributed by atoms with E-state index >= 15 is 0 Å². The summed E-state index contributed by atoms with van der Waals surface area (Å²) in [6, 6.07) is -0.0952. The van der Waals surface area contributed by atoms with Crippen LogP contribution in [0.15, 0.2) is 11.6 Å². The molecule has 4 saturated carbocycles. The SMILES string of the molecule is COC(=O)[C@H]1O[C@@H](SCCN(C(C)=O)[C@H]2CC[C@]3(C)[C@H]4C(=O)C=C5[C@H]6C[C@@](C)(C(=O)O)CC[C@]6(C)CC[C@@]5(C)[C@]4(C)CC[C@H]3C2(C)C)[C@H](O)[C@@H](O)[C@@H]1O. The monoisotopic (exact) mass is 761 g/mol. The molecule has 11 nitrogen and oxygen atoms in total. The van der Waals surface area contributed by atoms with Crippen molar-refractivity contribution in [2.75, 3.05) is 19.4 Å². The minimum absolute atomic E-state index is 0.00924. The number of fused-ring (bicyclic) bond motifs is 7. The summed E-state index contributed by atoms with van der Waals surface area (Å²) >= 11 is 1.18. The number of carbonyl (C=O) groups excluding carboxylic acids is 3. The first kappa shape index (κ1) is 40.7. The zero-order valence-electron chi connectivity index (χ0n) is 33.1. The van der Waals surface area contributed by atoms with Gasteiger partial charge in [-0.3, -0.25) is 14.4 Å². The summed E-state index contributed by atoms with van der Waals surface area (Å²) < 4.78 is 10.4. The molecule has 298 valence electrons.